The van der Waals surface area contributed by atoms with E-state index in [-0.39, 0.29) is 0 Å². The summed E-state index contributed by atoms with van der Waals surface area (Å²) in [5.74, 6) is 1.86. The van der Waals surface area contributed by atoms with Crippen LogP contribution >= 0.6 is 11.8 Å². The second-order valence-corrected chi connectivity index (χ2v) is 5.44. The van der Waals surface area contributed by atoms with Crippen LogP contribution in [0.5, 0.6) is 0 Å². The van der Waals surface area contributed by atoms with Crippen molar-refractivity contribution in [3.05, 3.63) is 18.2 Å². The summed E-state index contributed by atoms with van der Waals surface area (Å²) < 4.78 is 2.21. The van der Waals surface area contributed by atoms with E-state index in [0.29, 0.717) is 0 Å². The second kappa shape index (κ2) is 5.56. The first-order valence-electron chi connectivity index (χ1n) is 6.46. The van der Waals surface area contributed by atoms with Crippen molar-refractivity contribution in [1.82, 2.24) is 24.7 Å². The molecule has 0 fully saturated rings. The number of aryl methyl sites for hydroxylation is 1. The van der Waals surface area contributed by atoms with Gasteiger partial charge in [-0.15, -0.1) is 10.2 Å². The molecule has 2 aromatic rings. The van der Waals surface area contributed by atoms with Gasteiger partial charge in [0.2, 0.25) is 0 Å². The molecule has 2 aromatic heterocycles. The van der Waals surface area contributed by atoms with Gasteiger partial charge in [0.05, 0.1) is 12.4 Å². The van der Waals surface area contributed by atoms with E-state index in [0.717, 1.165) is 34.8 Å². The normalized spacial score (nSPS) is 14.8. The highest BCUT2D eigenvalue weighted by Crippen LogP contribution is 2.27. The van der Waals surface area contributed by atoms with Crippen molar-refractivity contribution in [3.8, 4) is 0 Å². The molecule has 1 aliphatic rings. The summed E-state index contributed by atoms with van der Waals surface area (Å²) in [4.78, 5) is 8.61. The molecule has 7 heteroatoms. The fourth-order valence-electron chi connectivity index (χ4n) is 2.15. The highest BCUT2D eigenvalue weighted by atomic mass is 32.2. The molecule has 1 aliphatic heterocycles. The Balaban J connectivity index is 1.84. The number of fused-ring (bicyclic) bond motifs is 1. The molecule has 1 N–H and O–H groups in total. The van der Waals surface area contributed by atoms with Crippen molar-refractivity contribution in [3.63, 3.8) is 0 Å². The van der Waals surface area contributed by atoms with Gasteiger partial charge in [-0.05, 0) is 24.6 Å². The Bertz CT molecular complexity index is 567. The van der Waals surface area contributed by atoms with E-state index in [4.69, 9.17) is 0 Å². The molecule has 0 amide bonds. The minimum absolute atomic E-state index is 0.764. The molecule has 0 bridgehead atoms. The van der Waals surface area contributed by atoms with Crippen LogP contribution in [0.3, 0.4) is 0 Å². The third-order valence-electron chi connectivity index (χ3n) is 3.14. The van der Waals surface area contributed by atoms with E-state index in [9.17, 15) is 0 Å². The molecule has 0 atom stereocenters. The molecule has 6 nitrogen and oxygen atoms in total. The lowest BCUT2D eigenvalue weighted by Gasteiger charge is -2.06. The Labute approximate surface area is 116 Å². The third kappa shape index (κ3) is 2.70. The molecule has 0 saturated carbocycles. The van der Waals surface area contributed by atoms with E-state index in [1.165, 1.54) is 31.0 Å². The molecular formula is C12H16N6S. The van der Waals surface area contributed by atoms with Crippen molar-refractivity contribution < 1.29 is 0 Å². The third-order valence-corrected chi connectivity index (χ3v) is 4.03. The minimum atomic E-state index is 0.764. The Morgan fingerprint density at radius 3 is 3.05 bits per heavy atom. The van der Waals surface area contributed by atoms with Gasteiger partial charge in [-0.1, -0.05) is 6.42 Å². The molecule has 3 rings (SSSR count). The quantitative estimate of drug-likeness (QED) is 0.924. The number of nitrogens with one attached hydrogen (secondary N) is 1. The zero-order chi connectivity index (χ0) is 13.1. The maximum absolute atomic E-state index is 4.45. The fraction of sp³-hybridized carbons (Fsp3) is 0.500. The molecular weight excluding hydrogens is 260 g/mol. The van der Waals surface area contributed by atoms with Crippen LogP contribution in [0.25, 0.3) is 0 Å². The first-order valence-corrected chi connectivity index (χ1v) is 7.28. The Morgan fingerprint density at radius 2 is 2.16 bits per heavy atom. The van der Waals surface area contributed by atoms with Crippen LogP contribution in [0.2, 0.25) is 0 Å². The van der Waals surface area contributed by atoms with Crippen molar-refractivity contribution in [1.29, 1.82) is 0 Å². The van der Waals surface area contributed by atoms with Crippen LogP contribution in [-0.2, 0) is 13.0 Å². The topological polar surface area (TPSA) is 68.5 Å². The Kier molecular flexibility index (Phi) is 3.63. The van der Waals surface area contributed by atoms with Crippen LogP contribution < -0.4 is 5.32 Å². The smallest absolute Gasteiger partial charge is 0.197 e. The maximum Gasteiger partial charge on any atom is 0.197 e. The lowest BCUT2D eigenvalue weighted by Crippen LogP contribution is -2.02. The summed E-state index contributed by atoms with van der Waals surface area (Å²) in [6, 6.07) is 0. The number of anilines is 1. The summed E-state index contributed by atoms with van der Waals surface area (Å²) in [6.07, 6.45) is 8.15. The lowest BCUT2D eigenvalue weighted by molar-refractivity contribution is 0.590. The predicted octanol–water partition coefficient (Wildman–Crippen LogP) is 1.99. The Morgan fingerprint density at radius 1 is 1.21 bits per heavy atom. The van der Waals surface area contributed by atoms with E-state index < -0.39 is 0 Å². The molecule has 100 valence electrons. The number of hydrogen-bond acceptors (Lipinski definition) is 6. The van der Waals surface area contributed by atoms with Crippen molar-refractivity contribution in [2.45, 2.75) is 42.4 Å². The van der Waals surface area contributed by atoms with Gasteiger partial charge in [0, 0.05) is 20.0 Å². The van der Waals surface area contributed by atoms with Gasteiger partial charge >= 0.3 is 0 Å². The standard InChI is InChI=1S/C12H16N6S/c1-13-9-7-14-8-11(15-9)19-12-17-16-10-5-3-2-4-6-18(10)12/h7-8H,2-6H2,1H3,(H,13,15). The molecule has 0 aromatic carbocycles. The van der Waals surface area contributed by atoms with Crippen molar-refractivity contribution in [2.24, 2.45) is 0 Å². The van der Waals surface area contributed by atoms with Gasteiger partial charge in [0.15, 0.2) is 5.16 Å². The largest absolute Gasteiger partial charge is 0.372 e. The highest BCUT2D eigenvalue weighted by Gasteiger charge is 2.16. The molecule has 0 unspecified atom stereocenters. The molecule has 0 saturated heterocycles. The van der Waals surface area contributed by atoms with Crippen LogP contribution in [-0.4, -0.2) is 31.8 Å². The monoisotopic (exact) mass is 276 g/mol. The molecule has 0 radical (unpaired) electrons. The van der Waals surface area contributed by atoms with Crippen molar-refractivity contribution >= 4 is 17.6 Å². The van der Waals surface area contributed by atoms with E-state index in [2.05, 4.69) is 30.0 Å². The highest BCUT2D eigenvalue weighted by molar-refractivity contribution is 7.99. The van der Waals surface area contributed by atoms with Crippen LogP contribution in [0.1, 0.15) is 25.1 Å². The molecule has 0 spiro atoms. The van der Waals surface area contributed by atoms with E-state index in [1.54, 1.807) is 12.4 Å². The minimum Gasteiger partial charge on any atom is -0.372 e. The summed E-state index contributed by atoms with van der Waals surface area (Å²) in [6.45, 7) is 1.00. The van der Waals surface area contributed by atoms with Crippen molar-refractivity contribution in [2.75, 3.05) is 12.4 Å². The molecule has 19 heavy (non-hydrogen) atoms. The average Bonchev–Trinajstić information content (AvgIpc) is 2.68. The predicted molar refractivity (Wildman–Crippen MR) is 73.3 cm³/mol. The van der Waals surface area contributed by atoms with Gasteiger partial charge in [-0.25, -0.2) is 4.98 Å². The van der Waals surface area contributed by atoms with Crippen LogP contribution in [0.15, 0.2) is 22.6 Å². The number of hydrogen-bond donors (Lipinski definition) is 1. The van der Waals surface area contributed by atoms with Crippen LogP contribution in [0.4, 0.5) is 5.82 Å². The summed E-state index contributed by atoms with van der Waals surface area (Å²) >= 11 is 1.52. The van der Waals surface area contributed by atoms with Gasteiger partial charge in [0.25, 0.3) is 0 Å². The fourth-order valence-corrected chi connectivity index (χ4v) is 2.98. The van der Waals surface area contributed by atoms with Gasteiger partial charge in [0.1, 0.15) is 16.7 Å². The number of nitrogens with zero attached hydrogens (tertiary/aromatic N) is 5. The first kappa shape index (κ1) is 12.4. The van der Waals surface area contributed by atoms with Gasteiger partial charge in [-0.2, -0.15) is 0 Å². The molecule has 3 heterocycles. The summed E-state index contributed by atoms with van der Waals surface area (Å²) in [5.41, 5.74) is 0. The average molecular weight is 276 g/mol. The molecule has 0 aliphatic carbocycles. The zero-order valence-corrected chi connectivity index (χ0v) is 11.7. The maximum atomic E-state index is 4.45. The Hall–Kier alpha value is -1.63. The van der Waals surface area contributed by atoms with Gasteiger partial charge < -0.3 is 9.88 Å². The number of aromatic nitrogens is 5. The SMILES string of the molecule is CNc1cncc(Sc2nnc3n2CCCCC3)n1. The van der Waals surface area contributed by atoms with E-state index >= 15 is 0 Å². The summed E-state index contributed by atoms with van der Waals surface area (Å²) in [7, 11) is 1.83. The van der Waals surface area contributed by atoms with E-state index in [1.807, 2.05) is 7.05 Å². The lowest BCUT2D eigenvalue weighted by atomic mass is 10.2. The number of rotatable bonds is 3. The van der Waals surface area contributed by atoms with Crippen LogP contribution in [0, 0.1) is 0 Å². The summed E-state index contributed by atoms with van der Waals surface area (Å²) in [5, 5.41) is 13.3. The first-order chi connectivity index (χ1) is 9.36. The second-order valence-electron chi connectivity index (χ2n) is 4.46. The zero-order valence-electron chi connectivity index (χ0n) is 10.8. The van der Waals surface area contributed by atoms with Gasteiger partial charge in [-0.3, -0.25) is 4.98 Å².